The molecule has 0 saturated carbocycles. The number of hydrogen-bond donors (Lipinski definition) is 1. The Kier molecular flexibility index (Phi) is 3.93. The number of hydrogen-bond acceptors (Lipinski definition) is 3. The van der Waals surface area contributed by atoms with E-state index >= 15 is 0 Å². The van der Waals surface area contributed by atoms with Gasteiger partial charge in [0.05, 0.1) is 29.7 Å². The molecule has 116 valence electrons. The molecule has 0 fully saturated rings. The maximum atomic E-state index is 11.3. The number of carbonyl (C=O) groups is 1. The molecule has 2 heterocycles. The smallest absolute Gasteiger partial charge is 0.307 e. The van der Waals surface area contributed by atoms with Crippen LogP contribution in [0.4, 0.5) is 0 Å². The van der Waals surface area contributed by atoms with E-state index in [1.165, 1.54) is 0 Å². The Balaban J connectivity index is 2.29. The highest BCUT2D eigenvalue weighted by Crippen LogP contribution is 2.30. The third-order valence-electron chi connectivity index (χ3n) is 3.80. The van der Waals surface area contributed by atoms with Gasteiger partial charge in [-0.05, 0) is 25.5 Å². The first-order chi connectivity index (χ1) is 11.1. The number of aromatic nitrogens is 3. The summed E-state index contributed by atoms with van der Waals surface area (Å²) in [7, 11) is 0. The number of nitrogens with zero attached hydrogens (tertiary/aromatic N) is 3. The van der Waals surface area contributed by atoms with Crippen LogP contribution in [-0.2, 0) is 11.2 Å². The van der Waals surface area contributed by atoms with Crippen LogP contribution in [0.3, 0.4) is 0 Å². The summed E-state index contributed by atoms with van der Waals surface area (Å²) >= 11 is 0. The van der Waals surface area contributed by atoms with Crippen LogP contribution in [-0.4, -0.2) is 25.8 Å². The van der Waals surface area contributed by atoms with Crippen molar-refractivity contribution in [3.8, 4) is 16.9 Å². The molecule has 5 heteroatoms. The van der Waals surface area contributed by atoms with Gasteiger partial charge in [0.1, 0.15) is 0 Å². The molecule has 3 aromatic rings. The van der Waals surface area contributed by atoms with Crippen molar-refractivity contribution in [2.75, 3.05) is 0 Å². The Morgan fingerprint density at radius 2 is 1.91 bits per heavy atom. The molecule has 0 unspecified atom stereocenters. The maximum Gasteiger partial charge on any atom is 0.307 e. The van der Waals surface area contributed by atoms with Crippen molar-refractivity contribution in [2.45, 2.75) is 20.3 Å². The Bertz CT molecular complexity index is 854. The van der Waals surface area contributed by atoms with Gasteiger partial charge in [-0.2, -0.15) is 5.10 Å². The molecule has 0 bridgehead atoms. The first kappa shape index (κ1) is 15.0. The molecule has 0 amide bonds. The molecular weight excluding hydrogens is 290 g/mol. The molecule has 0 aliphatic heterocycles. The lowest BCUT2D eigenvalue weighted by molar-refractivity contribution is -0.136. The van der Waals surface area contributed by atoms with E-state index in [9.17, 15) is 9.90 Å². The average Bonchev–Trinajstić information content (AvgIpc) is 2.85. The van der Waals surface area contributed by atoms with Crippen molar-refractivity contribution < 1.29 is 9.90 Å². The molecule has 0 aliphatic rings. The molecule has 1 N–H and O–H groups in total. The Labute approximate surface area is 134 Å². The lowest BCUT2D eigenvalue weighted by Gasteiger charge is -2.11. The van der Waals surface area contributed by atoms with E-state index in [4.69, 9.17) is 0 Å². The van der Waals surface area contributed by atoms with E-state index in [0.29, 0.717) is 0 Å². The number of benzene rings is 1. The normalized spacial score (nSPS) is 10.7. The summed E-state index contributed by atoms with van der Waals surface area (Å²) in [6.45, 7) is 3.83. The van der Waals surface area contributed by atoms with Gasteiger partial charge in [-0.15, -0.1) is 0 Å². The van der Waals surface area contributed by atoms with E-state index in [-0.39, 0.29) is 6.42 Å². The molecule has 3 rings (SSSR count). The highest BCUT2D eigenvalue weighted by Gasteiger charge is 2.20. The van der Waals surface area contributed by atoms with Crippen molar-refractivity contribution in [1.82, 2.24) is 14.8 Å². The van der Waals surface area contributed by atoms with Gasteiger partial charge < -0.3 is 5.11 Å². The second kappa shape index (κ2) is 6.04. The van der Waals surface area contributed by atoms with Gasteiger partial charge in [0.15, 0.2) is 0 Å². The summed E-state index contributed by atoms with van der Waals surface area (Å²) in [5.74, 6) is -0.868. The summed E-state index contributed by atoms with van der Waals surface area (Å²) in [5, 5.41) is 13.8. The first-order valence-electron chi connectivity index (χ1n) is 7.34. The van der Waals surface area contributed by atoms with Crippen LogP contribution in [0.1, 0.15) is 16.8 Å². The third kappa shape index (κ3) is 2.85. The minimum Gasteiger partial charge on any atom is -0.481 e. The largest absolute Gasteiger partial charge is 0.481 e. The van der Waals surface area contributed by atoms with E-state index < -0.39 is 5.97 Å². The minimum atomic E-state index is -0.868. The van der Waals surface area contributed by atoms with E-state index in [1.807, 2.05) is 50.2 Å². The predicted octanol–water partition coefficient (Wildman–Crippen LogP) is 3.18. The molecule has 23 heavy (non-hydrogen) atoms. The van der Waals surface area contributed by atoms with Gasteiger partial charge in [0, 0.05) is 17.3 Å². The summed E-state index contributed by atoms with van der Waals surface area (Å²) in [6, 6.07) is 11.6. The number of aryl methyl sites for hydroxylation is 2. The van der Waals surface area contributed by atoms with Gasteiger partial charge in [-0.3, -0.25) is 9.78 Å². The zero-order valence-corrected chi connectivity index (χ0v) is 13.0. The fourth-order valence-corrected chi connectivity index (χ4v) is 2.67. The number of rotatable bonds is 4. The number of aliphatic carboxylic acids is 1. The van der Waals surface area contributed by atoms with Crippen LogP contribution in [0.25, 0.3) is 16.9 Å². The summed E-state index contributed by atoms with van der Waals surface area (Å²) in [4.78, 5) is 15.4. The standard InChI is InChI=1S/C18H17N3O2/c1-12-8-9-19-11-16(12)21-18(14-6-4-3-5-7-14)15(10-17(22)23)13(2)20-21/h3-9,11H,10H2,1-2H3,(H,22,23). The maximum absolute atomic E-state index is 11.3. The molecule has 0 atom stereocenters. The van der Waals surface area contributed by atoms with Gasteiger partial charge in [-0.1, -0.05) is 30.3 Å². The predicted molar refractivity (Wildman–Crippen MR) is 87.6 cm³/mol. The highest BCUT2D eigenvalue weighted by atomic mass is 16.4. The van der Waals surface area contributed by atoms with Crippen molar-refractivity contribution >= 4 is 5.97 Å². The lowest BCUT2D eigenvalue weighted by Crippen LogP contribution is -2.05. The second-order valence-electron chi connectivity index (χ2n) is 5.42. The van der Waals surface area contributed by atoms with Crippen LogP contribution in [0.15, 0.2) is 48.8 Å². The van der Waals surface area contributed by atoms with Crippen LogP contribution in [0, 0.1) is 13.8 Å². The molecule has 1 aromatic carbocycles. The molecule has 0 saturated heterocycles. The molecule has 0 spiro atoms. The summed E-state index contributed by atoms with van der Waals surface area (Å²) < 4.78 is 1.80. The van der Waals surface area contributed by atoms with Crippen molar-refractivity contribution in [3.63, 3.8) is 0 Å². The number of pyridine rings is 1. The second-order valence-corrected chi connectivity index (χ2v) is 5.42. The van der Waals surface area contributed by atoms with Gasteiger partial charge >= 0.3 is 5.97 Å². The fourth-order valence-electron chi connectivity index (χ4n) is 2.67. The van der Waals surface area contributed by atoms with Crippen molar-refractivity contribution in [3.05, 3.63) is 65.6 Å². The molecule has 2 aromatic heterocycles. The quantitative estimate of drug-likeness (QED) is 0.804. The zero-order valence-electron chi connectivity index (χ0n) is 13.0. The van der Waals surface area contributed by atoms with E-state index in [2.05, 4.69) is 10.1 Å². The minimum absolute atomic E-state index is 0.0601. The first-order valence-corrected chi connectivity index (χ1v) is 7.34. The number of carboxylic acids is 1. The summed E-state index contributed by atoms with van der Waals surface area (Å²) in [6.07, 6.45) is 3.42. The Hall–Kier alpha value is -2.95. The highest BCUT2D eigenvalue weighted by molar-refractivity contribution is 5.77. The van der Waals surface area contributed by atoms with Crippen molar-refractivity contribution in [1.29, 1.82) is 0 Å². The monoisotopic (exact) mass is 307 g/mol. The van der Waals surface area contributed by atoms with Gasteiger partial charge in [-0.25, -0.2) is 4.68 Å². The van der Waals surface area contributed by atoms with E-state index in [1.54, 1.807) is 17.1 Å². The average molecular weight is 307 g/mol. The fraction of sp³-hybridized carbons (Fsp3) is 0.167. The van der Waals surface area contributed by atoms with Gasteiger partial charge in [0.2, 0.25) is 0 Å². The van der Waals surface area contributed by atoms with Crippen LogP contribution in [0.2, 0.25) is 0 Å². The van der Waals surface area contributed by atoms with Crippen LogP contribution >= 0.6 is 0 Å². The Morgan fingerprint density at radius 1 is 1.17 bits per heavy atom. The Morgan fingerprint density at radius 3 is 2.57 bits per heavy atom. The SMILES string of the molecule is Cc1ccncc1-n1nc(C)c(CC(=O)O)c1-c1ccccc1. The van der Waals surface area contributed by atoms with Crippen LogP contribution in [0.5, 0.6) is 0 Å². The molecule has 5 nitrogen and oxygen atoms in total. The van der Waals surface area contributed by atoms with Crippen molar-refractivity contribution in [2.24, 2.45) is 0 Å². The lowest BCUT2D eigenvalue weighted by atomic mass is 10.0. The molecule has 0 radical (unpaired) electrons. The molecular formula is C18H17N3O2. The number of carboxylic acid groups (broad SMARTS) is 1. The van der Waals surface area contributed by atoms with E-state index in [0.717, 1.165) is 33.8 Å². The summed E-state index contributed by atoms with van der Waals surface area (Å²) in [5.41, 5.74) is 5.07. The molecule has 0 aliphatic carbocycles. The zero-order chi connectivity index (χ0) is 16.4. The van der Waals surface area contributed by atoms with Gasteiger partial charge in [0.25, 0.3) is 0 Å². The van der Waals surface area contributed by atoms with Crippen LogP contribution < -0.4 is 0 Å². The topological polar surface area (TPSA) is 68.0 Å². The third-order valence-corrected chi connectivity index (χ3v) is 3.80.